The molecule has 0 fully saturated rings. The summed E-state index contributed by atoms with van der Waals surface area (Å²) in [4.78, 5) is 20.9. The molecule has 4 aromatic rings. The zero-order chi connectivity index (χ0) is 22.0. The smallest absolute Gasteiger partial charge is 0.263 e. The quantitative estimate of drug-likeness (QED) is 0.488. The van der Waals surface area contributed by atoms with Gasteiger partial charge in [-0.3, -0.25) is 4.79 Å². The molecule has 0 spiro atoms. The van der Waals surface area contributed by atoms with Crippen molar-refractivity contribution < 1.29 is 9.53 Å². The topological polar surface area (TPSA) is 76.5 Å². The van der Waals surface area contributed by atoms with Gasteiger partial charge in [-0.1, -0.05) is 91.0 Å². The van der Waals surface area contributed by atoms with Crippen molar-refractivity contribution in [3.05, 3.63) is 96.8 Å². The van der Waals surface area contributed by atoms with Crippen LogP contribution in [0.1, 0.15) is 5.82 Å². The van der Waals surface area contributed by atoms with Gasteiger partial charge in [0.2, 0.25) is 5.75 Å². The summed E-state index contributed by atoms with van der Waals surface area (Å²) in [5.74, 6) is 1.48. The van der Waals surface area contributed by atoms with Gasteiger partial charge in [0.25, 0.3) is 5.91 Å². The zero-order valence-corrected chi connectivity index (χ0v) is 18.4. The normalized spacial score (nSPS) is 13.0. The molecule has 0 atom stereocenters. The molecule has 1 aliphatic heterocycles. The summed E-state index contributed by atoms with van der Waals surface area (Å²) in [6, 6.07) is 30.9. The van der Waals surface area contributed by atoms with E-state index in [2.05, 4.69) is 51.7 Å². The van der Waals surface area contributed by atoms with Gasteiger partial charge in [0.1, 0.15) is 5.82 Å². The first kappa shape index (κ1) is 20.2. The predicted molar refractivity (Wildman–Crippen MR) is 128 cm³/mol. The summed E-state index contributed by atoms with van der Waals surface area (Å²) >= 11 is 0. The van der Waals surface area contributed by atoms with Gasteiger partial charge in [-0.05, 0) is 6.92 Å². The number of fused-ring (bicyclic) bond motifs is 1. The van der Waals surface area contributed by atoms with Crippen molar-refractivity contribution in [1.82, 2.24) is 9.97 Å². The van der Waals surface area contributed by atoms with Gasteiger partial charge in [-0.2, -0.15) is 0 Å². The van der Waals surface area contributed by atoms with E-state index in [1.165, 1.54) is 0 Å². The third-order valence-corrected chi connectivity index (χ3v) is 8.83. The number of aryl methyl sites for hydroxylation is 1. The number of benzene rings is 3. The van der Waals surface area contributed by atoms with Crippen molar-refractivity contribution in [2.24, 2.45) is 4.74 Å². The van der Waals surface area contributed by atoms with Gasteiger partial charge >= 0.3 is 0 Å². The molecule has 6 nitrogen and oxygen atoms in total. The maximum Gasteiger partial charge on any atom is 0.263 e. The van der Waals surface area contributed by atoms with Crippen LogP contribution in [0.3, 0.4) is 0 Å². The summed E-state index contributed by atoms with van der Waals surface area (Å²) in [6.45, 7) is 1.70. The predicted octanol–water partition coefficient (Wildman–Crippen LogP) is 3.93. The lowest BCUT2D eigenvalue weighted by atomic mass is 10.4. The Balaban J connectivity index is 1.90. The van der Waals surface area contributed by atoms with E-state index in [1.54, 1.807) is 6.92 Å². The van der Waals surface area contributed by atoms with Crippen LogP contribution in [-0.2, 0) is 4.79 Å². The first-order valence-electron chi connectivity index (χ1n) is 10.3. The molecule has 0 saturated carbocycles. The van der Waals surface area contributed by atoms with E-state index in [-0.39, 0.29) is 12.5 Å². The number of hydrogen-bond donors (Lipinski definition) is 1. The van der Waals surface area contributed by atoms with Crippen LogP contribution in [0.4, 0.5) is 11.6 Å². The van der Waals surface area contributed by atoms with E-state index >= 15 is 0 Å². The number of carbonyl (C=O) groups is 1. The van der Waals surface area contributed by atoms with E-state index in [1.807, 2.05) is 54.6 Å². The lowest BCUT2D eigenvalue weighted by Gasteiger charge is -2.27. The Morgan fingerprint density at radius 3 is 1.81 bits per heavy atom. The number of anilines is 1. The number of hydrogen-bond acceptors (Lipinski definition) is 5. The molecular formula is C25H21N4O2P. The molecule has 0 radical (unpaired) electrons. The second-order valence-electron chi connectivity index (χ2n) is 7.35. The van der Waals surface area contributed by atoms with Gasteiger partial charge in [0.15, 0.2) is 18.2 Å². The van der Waals surface area contributed by atoms with E-state index in [4.69, 9.17) is 9.48 Å². The highest BCUT2D eigenvalue weighted by molar-refractivity contribution is 7.87. The Bertz CT molecular complexity index is 1220. The minimum absolute atomic E-state index is 0.0879. The second kappa shape index (κ2) is 8.40. The minimum Gasteiger partial charge on any atom is -0.476 e. The number of nitrogens with one attached hydrogen (secondary N) is 1. The first-order valence-corrected chi connectivity index (χ1v) is 12.0. The fourth-order valence-corrected chi connectivity index (χ4v) is 7.30. The number of aromatic nitrogens is 2. The van der Waals surface area contributed by atoms with Crippen molar-refractivity contribution in [2.45, 2.75) is 6.92 Å². The zero-order valence-electron chi connectivity index (χ0n) is 17.5. The van der Waals surface area contributed by atoms with Crippen molar-refractivity contribution in [3.63, 3.8) is 0 Å². The Labute approximate surface area is 186 Å². The average molecular weight is 440 g/mol. The van der Waals surface area contributed by atoms with Crippen LogP contribution < -0.4 is 26.0 Å². The fourth-order valence-electron chi connectivity index (χ4n) is 3.83. The average Bonchev–Trinajstić information content (AvgIpc) is 2.83. The SMILES string of the molecule is Cc1nc(N=P(c2ccccc2)(c2ccccc2)c2ccccc2)c2c(n1)NC(=O)CO2. The maximum atomic E-state index is 11.9. The first-order chi connectivity index (χ1) is 15.7. The molecule has 32 heavy (non-hydrogen) atoms. The highest BCUT2D eigenvalue weighted by atomic mass is 31.2. The van der Waals surface area contributed by atoms with Gasteiger partial charge in [0.05, 0.1) is 7.05 Å². The maximum absolute atomic E-state index is 11.9. The molecule has 158 valence electrons. The lowest BCUT2D eigenvalue weighted by Crippen LogP contribution is -2.27. The molecule has 3 aromatic carbocycles. The van der Waals surface area contributed by atoms with Crippen LogP contribution in [-0.4, -0.2) is 22.5 Å². The molecule has 0 bridgehead atoms. The Morgan fingerprint density at radius 2 is 1.31 bits per heavy atom. The van der Waals surface area contributed by atoms with Crippen LogP contribution >= 0.6 is 7.05 Å². The molecule has 5 rings (SSSR count). The molecule has 1 N–H and O–H groups in total. The summed E-state index contributed by atoms with van der Waals surface area (Å²) in [6.07, 6.45) is 0. The summed E-state index contributed by atoms with van der Waals surface area (Å²) in [5, 5.41) is 6.08. The largest absolute Gasteiger partial charge is 0.476 e. The van der Waals surface area contributed by atoms with Crippen LogP contribution in [0.2, 0.25) is 0 Å². The van der Waals surface area contributed by atoms with Crippen molar-refractivity contribution in [3.8, 4) is 5.75 Å². The van der Waals surface area contributed by atoms with E-state index in [9.17, 15) is 4.79 Å². The van der Waals surface area contributed by atoms with Crippen LogP contribution in [0, 0.1) is 6.92 Å². The molecule has 0 saturated heterocycles. The van der Waals surface area contributed by atoms with Gasteiger partial charge in [-0.25, -0.2) is 14.7 Å². The third kappa shape index (κ3) is 3.59. The van der Waals surface area contributed by atoms with Gasteiger partial charge in [-0.15, -0.1) is 0 Å². The minimum atomic E-state index is -2.51. The van der Waals surface area contributed by atoms with Crippen LogP contribution in [0.5, 0.6) is 5.75 Å². The lowest BCUT2D eigenvalue weighted by molar-refractivity contribution is -0.118. The summed E-state index contributed by atoms with van der Waals surface area (Å²) < 4.78 is 11.1. The van der Waals surface area contributed by atoms with E-state index < -0.39 is 7.05 Å². The highest BCUT2D eigenvalue weighted by Gasteiger charge is 2.30. The van der Waals surface area contributed by atoms with Crippen LogP contribution in [0.15, 0.2) is 95.7 Å². The number of carbonyl (C=O) groups excluding carboxylic acids is 1. The molecule has 7 heteroatoms. The monoisotopic (exact) mass is 440 g/mol. The number of ether oxygens (including phenoxy) is 1. The Kier molecular flexibility index (Phi) is 5.29. The molecule has 0 aliphatic carbocycles. The Hall–Kier alpha value is -3.76. The summed E-state index contributed by atoms with van der Waals surface area (Å²) in [7, 11) is -2.51. The molecular weight excluding hydrogens is 419 g/mol. The van der Waals surface area contributed by atoms with Gasteiger partial charge < -0.3 is 10.1 Å². The highest BCUT2D eigenvalue weighted by Crippen LogP contribution is 2.51. The molecule has 1 aromatic heterocycles. The number of nitrogens with zero attached hydrogens (tertiary/aromatic N) is 3. The van der Waals surface area contributed by atoms with Gasteiger partial charge in [0, 0.05) is 15.9 Å². The Morgan fingerprint density at radius 1 is 0.812 bits per heavy atom. The fraction of sp³-hybridized carbons (Fsp3) is 0.0800. The van der Waals surface area contributed by atoms with Crippen molar-refractivity contribution in [2.75, 3.05) is 11.9 Å². The third-order valence-electron chi connectivity index (χ3n) is 5.20. The van der Waals surface area contributed by atoms with E-state index in [0.717, 1.165) is 15.9 Å². The number of amides is 1. The van der Waals surface area contributed by atoms with E-state index in [0.29, 0.717) is 23.2 Å². The van der Waals surface area contributed by atoms with Crippen molar-refractivity contribution in [1.29, 1.82) is 0 Å². The van der Waals surface area contributed by atoms with Crippen LogP contribution in [0.25, 0.3) is 0 Å². The number of rotatable bonds is 4. The van der Waals surface area contributed by atoms with Crippen molar-refractivity contribution >= 4 is 40.5 Å². The standard InChI is InChI=1S/C25H21N4O2P/c1-18-26-24-23(31-17-22(30)28-24)25(27-18)29-32(19-11-5-2-6-12-19,20-13-7-3-8-14-20)21-15-9-4-10-16-21/h2-16H,17H2,1H3,(H,26,27,28,30). The molecule has 1 amide bonds. The molecule has 0 unspecified atom stereocenters. The summed E-state index contributed by atoms with van der Waals surface area (Å²) in [5.41, 5.74) is 0. The molecule has 2 heterocycles. The second-order valence-corrected chi connectivity index (χ2v) is 10.4. The molecule has 1 aliphatic rings.